The van der Waals surface area contributed by atoms with E-state index in [0.717, 1.165) is 13.0 Å². The molecule has 3 rings (SSSR count). The molecular formula is C18H16N4O2S2. The van der Waals surface area contributed by atoms with Crippen molar-refractivity contribution in [3.8, 4) is 11.3 Å². The van der Waals surface area contributed by atoms with Crippen molar-refractivity contribution < 1.29 is 4.92 Å². The van der Waals surface area contributed by atoms with Crippen LogP contribution in [0.1, 0.15) is 5.56 Å². The molecule has 0 aliphatic heterocycles. The number of hydrogen-bond donors (Lipinski definition) is 2. The average molecular weight is 384 g/mol. The van der Waals surface area contributed by atoms with Crippen molar-refractivity contribution in [2.45, 2.75) is 6.42 Å². The first-order valence-electron chi connectivity index (χ1n) is 7.91. The molecule has 0 atom stereocenters. The zero-order chi connectivity index (χ0) is 18.4. The van der Waals surface area contributed by atoms with E-state index in [1.54, 1.807) is 12.1 Å². The predicted octanol–water partition coefficient (Wildman–Crippen LogP) is 4.25. The molecule has 2 aromatic carbocycles. The van der Waals surface area contributed by atoms with Gasteiger partial charge in [-0.1, -0.05) is 42.5 Å². The summed E-state index contributed by atoms with van der Waals surface area (Å²) in [5.74, 6) is 0. The Labute approximate surface area is 160 Å². The van der Waals surface area contributed by atoms with Crippen molar-refractivity contribution in [1.29, 1.82) is 0 Å². The van der Waals surface area contributed by atoms with Gasteiger partial charge in [0.25, 0.3) is 5.69 Å². The second-order valence-electron chi connectivity index (χ2n) is 5.46. The molecule has 1 heterocycles. The fourth-order valence-electron chi connectivity index (χ4n) is 2.35. The lowest BCUT2D eigenvalue weighted by atomic mass is 10.1. The molecule has 6 nitrogen and oxygen atoms in total. The van der Waals surface area contributed by atoms with Crippen LogP contribution < -0.4 is 10.6 Å². The van der Waals surface area contributed by atoms with Crippen LogP contribution in [-0.4, -0.2) is 21.6 Å². The van der Waals surface area contributed by atoms with Crippen LogP contribution in [0.4, 0.5) is 10.8 Å². The maximum atomic E-state index is 10.9. The van der Waals surface area contributed by atoms with Gasteiger partial charge in [0.2, 0.25) is 0 Å². The largest absolute Gasteiger partial charge is 0.362 e. The van der Waals surface area contributed by atoms with Crippen LogP contribution in [0, 0.1) is 10.1 Å². The molecule has 0 amide bonds. The van der Waals surface area contributed by atoms with Gasteiger partial charge < -0.3 is 10.6 Å². The summed E-state index contributed by atoms with van der Waals surface area (Å²) in [6, 6.07) is 16.6. The Morgan fingerprint density at radius 1 is 1.19 bits per heavy atom. The highest BCUT2D eigenvalue weighted by molar-refractivity contribution is 7.80. The first-order chi connectivity index (χ1) is 12.6. The topological polar surface area (TPSA) is 80.1 Å². The summed E-state index contributed by atoms with van der Waals surface area (Å²) in [5.41, 5.74) is 2.66. The normalized spacial score (nSPS) is 10.3. The number of non-ortho nitro benzene ring substituents is 1. The summed E-state index contributed by atoms with van der Waals surface area (Å²) in [6.07, 6.45) is 0.874. The second-order valence-corrected chi connectivity index (χ2v) is 6.73. The maximum absolute atomic E-state index is 10.9. The van der Waals surface area contributed by atoms with E-state index in [4.69, 9.17) is 12.2 Å². The number of nitrogens with zero attached hydrogens (tertiary/aromatic N) is 2. The summed E-state index contributed by atoms with van der Waals surface area (Å²) in [7, 11) is 0. The number of anilines is 1. The van der Waals surface area contributed by atoms with Crippen molar-refractivity contribution in [2.75, 3.05) is 11.9 Å². The highest BCUT2D eigenvalue weighted by Gasteiger charge is 2.10. The third-order valence-electron chi connectivity index (χ3n) is 3.62. The van der Waals surface area contributed by atoms with Crippen molar-refractivity contribution in [3.63, 3.8) is 0 Å². The molecule has 132 valence electrons. The van der Waals surface area contributed by atoms with E-state index in [1.807, 2.05) is 23.6 Å². The first-order valence-corrected chi connectivity index (χ1v) is 9.20. The first kappa shape index (κ1) is 18.0. The van der Waals surface area contributed by atoms with E-state index >= 15 is 0 Å². The molecule has 0 radical (unpaired) electrons. The number of nitro benzene ring substituents is 1. The van der Waals surface area contributed by atoms with Gasteiger partial charge in [0.15, 0.2) is 10.2 Å². The third kappa shape index (κ3) is 4.84. The molecule has 1 aromatic heterocycles. The van der Waals surface area contributed by atoms with Crippen molar-refractivity contribution in [3.05, 3.63) is 75.7 Å². The van der Waals surface area contributed by atoms with Gasteiger partial charge in [0.05, 0.1) is 10.6 Å². The fourth-order valence-corrected chi connectivity index (χ4v) is 3.34. The summed E-state index contributed by atoms with van der Waals surface area (Å²) < 4.78 is 0. The zero-order valence-corrected chi connectivity index (χ0v) is 15.3. The molecule has 3 aromatic rings. The van der Waals surface area contributed by atoms with Gasteiger partial charge in [0, 0.05) is 29.6 Å². The number of nitro groups is 1. The lowest BCUT2D eigenvalue weighted by molar-refractivity contribution is -0.384. The van der Waals surface area contributed by atoms with E-state index in [0.29, 0.717) is 21.5 Å². The van der Waals surface area contributed by atoms with Crippen LogP contribution in [0.5, 0.6) is 0 Å². The van der Waals surface area contributed by atoms with Gasteiger partial charge in [-0.05, 0) is 24.2 Å². The van der Waals surface area contributed by atoms with Gasteiger partial charge in [-0.3, -0.25) is 10.1 Å². The van der Waals surface area contributed by atoms with Crippen LogP contribution in [-0.2, 0) is 6.42 Å². The van der Waals surface area contributed by atoms with Crippen LogP contribution in [0.15, 0.2) is 60.0 Å². The summed E-state index contributed by atoms with van der Waals surface area (Å²) >= 11 is 6.68. The minimum atomic E-state index is -0.416. The molecule has 0 spiro atoms. The molecule has 0 unspecified atom stereocenters. The molecule has 26 heavy (non-hydrogen) atoms. The van der Waals surface area contributed by atoms with Crippen LogP contribution in [0.3, 0.4) is 0 Å². The smallest absolute Gasteiger partial charge is 0.270 e. The summed E-state index contributed by atoms with van der Waals surface area (Å²) in [6.45, 7) is 0.721. The van der Waals surface area contributed by atoms with Crippen molar-refractivity contribution >= 4 is 39.5 Å². The summed E-state index contributed by atoms with van der Waals surface area (Å²) in [5, 5.41) is 20.1. The molecule has 8 heteroatoms. The van der Waals surface area contributed by atoms with Gasteiger partial charge in [-0.15, -0.1) is 11.3 Å². The number of hydrogen-bond acceptors (Lipinski definition) is 5. The van der Waals surface area contributed by atoms with E-state index in [1.165, 1.54) is 29.0 Å². The van der Waals surface area contributed by atoms with Crippen molar-refractivity contribution in [1.82, 2.24) is 10.3 Å². The zero-order valence-electron chi connectivity index (χ0n) is 13.7. The van der Waals surface area contributed by atoms with Gasteiger partial charge in [0.1, 0.15) is 0 Å². The SMILES string of the molecule is O=[N+]([O-])c1cccc(-c2csc(NC(=S)NCCc3ccccc3)n2)c1. The molecule has 0 saturated heterocycles. The van der Waals surface area contributed by atoms with Crippen LogP contribution in [0.25, 0.3) is 11.3 Å². The number of aromatic nitrogens is 1. The van der Waals surface area contributed by atoms with Gasteiger partial charge in [-0.2, -0.15) is 0 Å². The standard InChI is InChI=1S/C18H16N4O2S2/c23-22(24)15-8-4-7-14(11-15)16-12-26-18(20-16)21-17(25)19-10-9-13-5-2-1-3-6-13/h1-8,11-12H,9-10H2,(H2,19,20,21,25). The Kier molecular flexibility index (Phi) is 5.88. The number of nitrogens with one attached hydrogen (secondary N) is 2. The Hall–Kier alpha value is -2.84. The molecule has 0 aliphatic carbocycles. The molecule has 2 N–H and O–H groups in total. The fraction of sp³-hybridized carbons (Fsp3) is 0.111. The lowest BCUT2D eigenvalue weighted by Crippen LogP contribution is -2.30. The Bertz CT molecular complexity index is 912. The highest BCUT2D eigenvalue weighted by Crippen LogP contribution is 2.27. The molecule has 0 bridgehead atoms. The number of thiazole rings is 1. The Balaban J connectivity index is 1.55. The number of benzene rings is 2. The molecule has 0 fully saturated rings. The van der Waals surface area contributed by atoms with Gasteiger partial charge >= 0.3 is 0 Å². The van der Waals surface area contributed by atoms with E-state index in [9.17, 15) is 10.1 Å². The average Bonchev–Trinajstić information content (AvgIpc) is 3.11. The second kappa shape index (κ2) is 8.50. The minimum Gasteiger partial charge on any atom is -0.362 e. The van der Waals surface area contributed by atoms with E-state index in [-0.39, 0.29) is 5.69 Å². The molecule has 0 aliphatic rings. The monoisotopic (exact) mass is 384 g/mol. The number of thiocarbonyl (C=S) groups is 1. The number of rotatable bonds is 6. The molecule has 0 saturated carbocycles. The maximum Gasteiger partial charge on any atom is 0.270 e. The minimum absolute atomic E-state index is 0.0445. The lowest BCUT2D eigenvalue weighted by Gasteiger charge is -2.08. The Morgan fingerprint density at radius 2 is 2.00 bits per heavy atom. The summed E-state index contributed by atoms with van der Waals surface area (Å²) in [4.78, 5) is 14.9. The van der Waals surface area contributed by atoms with Gasteiger partial charge in [-0.25, -0.2) is 4.98 Å². The Morgan fingerprint density at radius 3 is 2.77 bits per heavy atom. The van der Waals surface area contributed by atoms with E-state index in [2.05, 4.69) is 27.8 Å². The van der Waals surface area contributed by atoms with Crippen LogP contribution >= 0.6 is 23.6 Å². The van der Waals surface area contributed by atoms with Crippen molar-refractivity contribution in [2.24, 2.45) is 0 Å². The molecular weight excluding hydrogens is 368 g/mol. The van der Waals surface area contributed by atoms with E-state index < -0.39 is 4.92 Å². The van der Waals surface area contributed by atoms with Crippen LogP contribution in [0.2, 0.25) is 0 Å². The quantitative estimate of drug-likeness (QED) is 0.376. The third-order valence-corrected chi connectivity index (χ3v) is 4.62. The highest BCUT2D eigenvalue weighted by atomic mass is 32.1. The predicted molar refractivity (Wildman–Crippen MR) is 109 cm³/mol.